The number of fused-ring (bicyclic) bond motifs is 1. The van der Waals surface area contributed by atoms with Gasteiger partial charge >= 0.3 is 0 Å². The zero-order chi connectivity index (χ0) is 21.4. The Bertz CT molecular complexity index is 1150. The summed E-state index contributed by atoms with van der Waals surface area (Å²) in [7, 11) is 1.89. The van der Waals surface area contributed by atoms with Crippen molar-refractivity contribution in [3.8, 4) is 6.07 Å². The van der Waals surface area contributed by atoms with E-state index in [0.717, 1.165) is 28.3 Å². The Morgan fingerprint density at radius 1 is 1.33 bits per heavy atom. The number of nitriles is 1. The molecule has 1 saturated carbocycles. The van der Waals surface area contributed by atoms with Gasteiger partial charge < -0.3 is 5.32 Å². The molecule has 0 bridgehead atoms. The molecule has 7 heteroatoms. The normalized spacial score (nSPS) is 21.2. The zero-order valence-corrected chi connectivity index (χ0v) is 18.0. The third-order valence-electron chi connectivity index (χ3n) is 6.07. The van der Waals surface area contributed by atoms with Gasteiger partial charge in [-0.05, 0) is 46.5 Å². The molecule has 1 aliphatic rings. The van der Waals surface area contributed by atoms with Gasteiger partial charge in [0, 0.05) is 48.1 Å². The van der Waals surface area contributed by atoms with Crippen molar-refractivity contribution in [3.63, 3.8) is 0 Å². The molecular formula is C23H24ClN5O. The first kappa shape index (κ1) is 20.4. The quantitative estimate of drug-likeness (QED) is 0.605. The topological polar surface area (TPSA) is 83.6 Å². The van der Waals surface area contributed by atoms with Gasteiger partial charge in [-0.3, -0.25) is 9.48 Å². The van der Waals surface area contributed by atoms with Gasteiger partial charge in [0.1, 0.15) is 5.82 Å². The van der Waals surface area contributed by atoms with Crippen molar-refractivity contribution >= 4 is 34.1 Å². The first-order chi connectivity index (χ1) is 14.4. The minimum Gasteiger partial charge on any atom is -0.310 e. The van der Waals surface area contributed by atoms with Crippen molar-refractivity contribution in [1.82, 2.24) is 14.8 Å². The van der Waals surface area contributed by atoms with E-state index in [1.54, 1.807) is 10.9 Å². The number of hydrogen-bond acceptors (Lipinski definition) is 4. The Hall–Kier alpha value is -2.91. The van der Waals surface area contributed by atoms with Gasteiger partial charge in [-0.1, -0.05) is 31.9 Å². The van der Waals surface area contributed by atoms with Crippen molar-refractivity contribution in [3.05, 3.63) is 52.9 Å². The number of nitrogens with zero attached hydrogens (tertiary/aromatic N) is 4. The number of carbonyl (C=O) groups excluding carboxylic acids is 1. The van der Waals surface area contributed by atoms with E-state index >= 15 is 0 Å². The molecule has 3 aromatic rings. The fourth-order valence-corrected chi connectivity index (χ4v) is 4.75. The highest BCUT2D eigenvalue weighted by molar-refractivity contribution is 6.32. The smallest absolute Gasteiger partial charge is 0.229 e. The third-order valence-corrected chi connectivity index (χ3v) is 6.40. The van der Waals surface area contributed by atoms with Gasteiger partial charge in [-0.15, -0.1) is 0 Å². The number of anilines is 1. The first-order valence-corrected chi connectivity index (χ1v) is 10.6. The molecule has 0 aliphatic heterocycles. The highest BCUT2D eigenvalue weighted by atomic mass is 35.5. The predicted molar refractivity (Wildman–Crippen MR) is 117 cm³/mol. The van der Waals surface area contributed by atoms with Gasteiger partial charge in [0.25, 0.3) is 0 Å². The second-order valence-corrected chi connectivity index (χ2v) is 8.52. The van der Waals surface area contributed by atoms with E-state index in [-0.39, 0.29) is 23.7 Å². The van der Waals surface area contributed by atoms with Crippen LogP contribution in [0.25, 0.3) is 10.8 Å². The molecule has 6 nitrogen and oxygen atoms in total. The lowest BCUT2D eigenvalue weighted by atomic mass is 9.96. The van der Waals surface area contributed by atoms with E-state index < -0.39 is 0 Å². The second kappa shape index (κ2) is 8.08. The van der Waals surface area contributed by atoms with Gasteiger partial charge in [0.2, 0.25) is 5.91 Å². The maximum absolute atomic E-state index is 12.9. The fraction of sp³-hybridized carbons (Fsp3) is 0.391. The molecule has 1 fully saturated rings. The summed E-state index contributed by atoms with van der Waals surface area (Å²) in [5.41, 5.74) is 2.04. The fourth-order valence-electron chi connectivity index (χ4n) is 4.39. The SMILES string of the molecule is CC[C@@H]1[C@H](C(=O)Nc2cc3cc([C@H](C)CC#N)c(Cl)cc3cn2)[C@H]1c1cnn(C)c1. The van der Waals surface area contributed by atoms with Crippen LogP contribution in [0.2, 0.25) is 5.02 Å². The lowest BCUT2D eigenvalue weighted by Gasteiger charge is -2.12. The molecule has 1 aromatic carbocycles. The first-order valence-electron chi connectivity index (χ1n) is 10.2. The molecule has 30 heavy (non-hydrogen) atoms. The summed E-state index contributed by atoms with van der Waals surface area (Å²) in [6.45, 7) is 4.10. The van der Waals surface area contributed by atoms with Gasteiger partial charge in [-0.25, -0.2) is 4.98 Å². The molecule has 2 aromatic heterocycles. The van der Waals surface area contributed by atoms with E-state index in [1.165, 1.54) is 0 Å². The molecule has 2 heterocycles. The van der Waals surface area contributed by atoms with Crippen molar-refractivity contribution in [1.29, 1.82) is 5.26 Å². The number of carbonyl (C=O) groups is 1. The van der Waals surface area contributed by atoms with Crippen LogP contribution in [0.1, 0.15) is 49.7 Å². The number of amides is 1. The Morgan fingerprint density at radius 3 is 2.80 bits per heavy atom. The molecule has 154 valence electrons. The number of benzene rings is 1. The van der Waals surface area contributed by atoms with Crippen molar-refractivity contribution in [2.45, 2.75) is 38.5 Å². The summed E-state index contributed by atoms with van der Waals surface area (Å²) in [5.74, 6) is 1.03. The molecular weight excluding hydrogens is 398 g/mol. The van der Waals surface area contributed by atoms with Crippen molar-refractivity contribution in [2.24, 2.45) is 18.9 Å². The van der Waals surface area contributed by atoms with Gasteiger partial charge in [0.05, 0.1) is 12.3 Å². The summed E-state index contributed by atoms with van der Waals surface area (Å²) in [4.78, 5) is 17.4. The summed E-state index contributed by atoms with van der Waals surface area (Å²) in [6, 6.07) is 7.92. The molecule has 0 radical (unpaired) electrons. The maximum Gasteiger partial charge on any atom is 0.229 e. The predicted octanol–water partition coefficient (Wildman–Crippen LogP) is 5.02. The van der Waals surface area contributed by atoms with E-state index in [4.69, 9.17) is 16.9 Å². The van der Waals surface area contributed by atoms with Gasteiger partial charge in [-0.2, -0.15) is 10.4 Å². The number of halogens is 1. The van der Waals surface area contributed by atoms with Crippen LogP contribution in [-0.2, 0) is 11.8 Å². The molecule has 0 spiro atoms. The Labute approximate surface area is 180 Å². The lowest BCUT2D eigenvalue weighted by molar-refractivity contribution is -0.117. The van der Waals surface area contributed by atoms with Crippen LogP contribution in [0.5, 0.6) is 0 Å². The molecule has 0 unspecified atom stereocenters. The van der Waals surface area contributed by atoms with Crippen LogP contribution in [0.4, 0.5) is 5.82 Å². The number of nitrogens with one attached hydrogen (secondary N) is 1. The summed E-state index contributed by atoms with van der Waals surface area (Å²) < 4.78 is 1.77. The molecule has 1 amide bonds. The number of hydrogen-bond donors (Lipinski definition) is 1. The summed E-state index contributed by atoms with van der Waals surface area (Å²) in [5, 5.41) is 18.7. The number of pyridine rings is 1. The minimum absolute atomic E-state index is 0.00501. The van der Waals surface area contributed by atoms with E-state index in [2.05, 4.69) is 28.4 Å². The molecule has 4 atom stereocenters. The van der Waals surface area contributed by atoms with Crippen LogP contribution in [-0.4, -0.2) is 20.7 Å². The number of aryl methyl sites for hydroxylation is 1. The molecule has 4 rings (SSSR count). The largest absolute Gasteiger partial charge is 0.310 e. The standard InChI is InChI=1S/C23H24ClN5O/c1-4-17-21(16-11-27-29(3)12-16)22(17)23(30)28-20-9-14-7-18(13(2)5-6-25)19(24)8-15(14)10-26-20/h7-13,17,21-22H,4-5H2,1-3H3,(H,26,28,30)/t13-,17+,21+,22+/m1/s1. The minimum atomic E-state index is -0.0619. The van der Waals surface area contributed by atoms with E-state index in [1.807, 2.05) is 44.6 Å². The molecule has 1 N–H and O–H groups in total. The Morgan fingerprint density at radius 2 is 2.13 bits per heavy atom. The van der Waals surface area contributed by atoms with Crippen LogP contribution in [0.3, 0.4) is 0 Å². The zero-order valence-electron chi connectivity index (χ0n) is 17.3. The highest BCUT2D eigenvalue weighted by Crippen LogP contribution is 2.56. The monoisotopic (exact) mass is 421 g/mol. The molecule has 1 aliphatic carbocycles. The third kappa shape index (κ3) is 3.78. The highest BCUT2D eigenvalue weighted by Gasteiger charge is 2.54. The second-order valence-electron chi connectivity index (χ2n) is 8.11. The van der Waals surface area contributed by atoms with Crippen molar-refractivity contribution < 1.29 is 4.79 Å². The molecule has 0 saturated heterocycles. The lowest BCUT2D eigenvalue weighted by Crippen LogP contribution is -2.16. The Balaban J connectivity index is 1.55. The average Bonchev–Trinajstić information content (AvgIpc) is 3.31. The number of aromatic nitrogens is 3. The van der Waals surface area contributed by atoms with E-state index in [9.17, 15) is 4.79 Å². The van der Waals surface area contributed by atoms with Crippen molar-refractivity contribution in [2.75, 3.05) is 5.32 Å². The van der Waals surface area contributed by atoms with E-state index in [0.29, 0.717) is 23.2 Å². The van der Waals surface area contributed by atoms with Crippen LogP contribution in [0, 0.1) is 23.2 Å². The summed E-state index contributed by atoms with van der Waals surface area (Å²) >= 11 is 6.40. The summed E-state index contributed by atoms with van der Waals surface area (Å²) in [6.07, 6.45) is 6.90. The van der Waals surface area contributed by atoms with Gasteiger partial charge in [0.15, 0.2) is 0 Å². The van der Waals surface area contributed by atoms with Crippen LogP contribution < -0.4 is 5.32 Å². The Kier molecular flexibility index (Phi) is 5.48. The van der Waals surface area contributed by atoms with Crippen LogP contribution >= 0.6 is 11.6 Å². The van der Waals surface area contributed by atoms with Crippen LogP contribution in [0.15, 0.2) is 36.8 Å². The maximum atomic E-state index is 12.9. The average molecular weight is 422 g/mol. The number of rotatable bonds is 6.